The number of methoxy groups -OCH3 is 2. The van der Waals surface area contributed by atoms with Crippen molar-refractivity contribution in [1.29, 1.82) is 0 Å². The molecule has 384 valence electrons. The highest BCUT2D eigenvalue weighted by Crippen LogP contribution is 2.40. The van der Waals surface area contributed by atoms with E-state index in [1.165, 1.54) is 62.6 Å². The molecule has 18 heteroatoms. The lowest BCUT2D eigenvalue weighted by Crippen LogP contribution is -2.22. The number of Topliss-reactive ketones (excluding diaryl/α,β-unsaturated/α-hetero) is 1. The largest absolute Gasteiger partial charge is 0.508 e. The fourth-order valence-corrected chi connectivity index (χ4v) is 9.20. The van der Waals surface area contributed by atoms with Gasteiger partial charge in [-0.2, -0.15) is 13.2 Å². The van der Waals surface area contributed by atoms with Crippen LogP contribution >= 0.6 is 34.8 Å². The average molecular weight is 1080 g/mol. The van der Waals surface area contributed by atoms with Gasteiger partial charge in [0, 0.05) is 78.6 Å². The van der Waals surface area contributed by atoms with Crippen molar-refractivity contribution in [2.75, 3.05) is 14.2 Å². The Labute approximate surface area is 442 Å². The number of carbonyl (C=O) groups is 6. The number of fused-ring (bicyclic) bond motifs is 3. The Kier molecular flexibility index (Phi) is 16.8. The number of hydrogen-bond donors (Lipinski definition) is 1. The number of aromatic hydroxyl groups is 1. The Morgan fingerprint density at radius 3 is 1.29 bits per heavy atom. The summed E-state index contributed by atoms with van der Waals surface area (Å²) in [6, 6.07) is 33.5. The van der Waals surface area contributed by atoms with Gasteiger partial charge in [-0.15, -0.1) is 0 Å². The first-order chi connectivity index (χ1) is 35.7. The maximum absolute atomic E-state index is 13.9. The van der Waals surface area contributed by atoms with Gasteiger partial charge in [-0.25, -0.2) is 0 Å². The Morgan fingerprint density at radius 2 is 0.893 bits per heavy atom. The molecule has 0 aliphatic rings. The van der Waals surface area contributed by atoms with Crippen molar-refractivity contribution in [3.63, 3.8) is 0 Å². The van der Waals surface area contributed by atoms with Gasteiger partial charge in [-0.1, -0.05) is 34.8 Å². The minimum Gasteiger partial charge on any atom is -0.508 e. The Bertz CT molecular complexity index is 3670. The first-order valence-electron chi connectivity index (χ1n) is 22.8. The van der Waals surface area contributed by atoms with Gasteiger partial charge in [0.2, 0.25) is 0 Å². The van der Waals surface area contributed by atoms with E-state index in [9.17, 15) is 47.0 Å². The van der Waals surface area contributed by atoms with E-state index in [1.807, 2.05) is 26.0 Å². The molecule has 0 radical (unpaired) electrons. The van der Waals surface area contributed by atoms with E-state index in [0.717, 1.165) is 34.0 Å². The second-order valence-electron chi connectivity index (χ2n) is 17.0. The molecule has 0 bridgehead atoms. The van der Waals surface area contributed by atoms with Crippen LogP contribution in [0.3, 0.4) is 0 Å². The second kappa shape index (κ2) is 23.1. The molecule has 0 saturated heterocycles. The zero-order chi connectivity index (χ0) is 54.5. The number of ether oxygens (including phenoxy) is 2. The van der Waals surface area contributed by atoms with E-state index in [4.69, 9.17) is 44.3 Å². The number of hydrogen-bond acceptors (Lipinski definition) is 9. The number of aldehydes is 2. The van der Waals surface area contributed by atoms with Crippen molar-refractivity contribution < 1.29 is 56.5 Å². The highest BCUT2D eigenvalue weighted by Gasteiger charge is 2.41. The van der Waals surface area contributed by atoms with Crippen LogP contribution in [0, 0.1) is 13.8 Å². The number of alkyl halides is 3. The van der Waals surface area contributed by atoms with E-state index in [0.29, 0.717) is 65.1 Å². The molecule has 6 aromatic carbocycles. The Balaban J connectivity index is 0.000000164. The molecular weight excluding hydrogens is 1030 g/mol. The summed E-state index contributed by atoms with van der Waals surface area (Å²) in [6.45, 7) is 5.16. The highest BCUT2D eigenvalue weighted by molar-refractivity contribution is 6.31. The van der Waals surface area contributed by atoms with E-state index in [2.05, 4.69) is 0 Å². The monoisotopic (exact) mass is 1080 g/mol. The zero-order valence-electron chi connectivity index (χ0n) is 40.7. The number of rotatable bonds is 11. The molecule has 12 nitrogen and oxygen atoms in total. The van der Waals surface area contributed by atoms with Crippen LogP contribution in [0.5, 0.6) is 17.2 Å². The Hall–Kier alpha value is -7.98. The molecule has 1 N–H and O–H groups in total. The van der Waals surface area contributed by atoms with Crippen LogP contribution in [-0.2, 0) is 39.8 Å². The summed E-state index contributed by atoms with van der Waals surface area (Å²) >= 11 is 17.6. The van der Waals surface area contributed by atoms with Gasteiger partial charge >= 0.3 is 6.18 Å². The number of aromatic nitrogens is 3. The molecule has 75 heavy (non-hydrogen) atoms. The zero-order valence-corrected chi connectivity index (χ0v) is 43.0. The van der Waals surface area contributed by atoms with Gasteiger partial charge in [-0.3, -0.25) is 32.9 Å². The maximum atomic E-state index is 13.9. The normalized spacial score (nSPS) is 11.1. The van der Waals surface area contributed by atoms with Crippen LogP contribution in [0.2, 0.25) is 15.1 Å². The van der Waals surface area contributed by atoms with Crippen molar-refractivity contribution in [2.45, 2.75) is 46.2 Å². The summed E-state index contributed by atoms with van der Waals surface area (Å²) in [5.74, 6) is -0.120. The molecular formula is C57H45Cl3F3N3O9. The van der Waals surface area contributed by atoms with Crippen molar-refractivity contribution in [1.82, 2.24) is 13.7 Å². The van der Waals surface area contributed by atoms with Gasteiger partial charge < -0.3 is 24.2 Å². The minimum atomic E-state index is -4.84. The molecule has 0 aliphatic carbocycles. The van der Waals surface area contributed by atoms with Gasteiger partial charge in [-0.05, 0) is 165 Å². The molecule has 3 heterocycles. The summed E-state index contributed by atoms with van der Waals surface area (Å²) in [7, 11) is 2.96. The lowest BCUT2D eigenvalue weighted by atomic mass is 10.1. The quantitative estimate of drug-likeness (QED) is 0.125. The van der Waals surface area contributed by atoms with Crippen molar-refractivity contribution in [2.24, 2.45) is 0 Å². The first-order valence-corrected chi connectivity index (χ1v) is 23.9. The van der Waals surface area contributed by atoms with E-state index in [-0.39, 0.29) is 58.2 Å². The maximum Gasteiger partial charge on any atom is 0.432 e. The first kappa shape index (κ1) is 54.8. The molecule has 3 aromatic heterocycles. The van der Waals surface area contributed by atoms with Crippen LogP contribution in [0.15, 0.2) is 127 Å². The number of phenolic OH excluding ortho intramolecular Hbond substituents is 1. The predicted molar refractivity (Wildman–Crippen MR) is 283 cm³/mol. The van der Waals surface area contributed by atoms with E-state index < -0.39 is 24.2 Å². The van der Waals surface area contributed by atoms with Crippen LogP contribution in [-0.4, -0.2) is 69.1 Å². The molecule has 9 aromatic rings. The van der Waals surface area contributed by atoms with Crippen molar-refractivity contribution in [3.05, 3.63) is 193 Å². The lowest BCUT2D eigenvalue weighted by molar-refractivity contribution is -0.142. The number of ketones is 1. The van der Waals surface area contributed by atoms with Crippen molar-refractivity contribution in [3.8, 4) is 17.2 Å². The summed E-state index contributed by atoms with van der Waals surface area (Å²) in [5.41, 5.74) is 4.15. The number of carbonyl (C=O) groups excluding carboxylic acids is 6. The predicted octanol–water partition coefficient (Wildman–Crippen LogP) is 12.9. The lowest BCUT2D eigenvalue weighted by Gasteiger charge is -2.13. The number of halogens is 6. The van der Waals surface area contributed by atoms with Crippen molar-refractivity contribution >= 4 is 104 Å². The minimum absolute atomic E-state index is 0.000523. The summed E-state index contributed by atoms with van der Waals surface area (Å²) < 4.78 is 55.7. The number of benzene rings is 6. The third-order valence-corrected chi connectivity index (χ3v) is 13.0. The van der Waals surface area contributed by atoms with Gasteiger partial charge in [0.15, 0.2) is 0 Å². The van der Waals surface area contributed by atoms with Gasteiger partial charge in [0.1, 0.15) is 41.3 Å². The molecule has 0 fully saturated rings. The summed E-state index contributed by atoms with van der Waals surface area (Å²) in [5, 5.41) is 13.0. The molecule has 9 rings (SSSR count). The number of nitrogens with zero attached hydrogens (tertiary/aromatic N) is 3. The second-order valence-corrected chi connectivity index (χ2v) is 18.3. The third kappa shape index (κ3) is 11.6. The fraction of sp³-hybridized carbons (Fsp3) is 0.158. The standard InChI is InChI=1S/C19H13ClF3NO3.2C19H16ClNO3/c1-27-13-6-7-16-15(10-13)14(8-9-25)17(19(21,22)23)24(16)18(26)11-2-4-12(20)5-3-11;1-11(22)9-16-12(2)21(18-8-7-15(23)10-17(16)18)19(24)13-3-5-14(20)6-4-13;1-12-16(9-10-22)17-11-15(24-2)7-8-18(17)21(12)19(23)13-3-5-14(20)6-4-13/h2-7,9-10H,8H2,1H3;3-8,10,23H,9H2,1-2H3;3-8,10-11H,9H2,1-2H3. The molecule has 0 aliphatic heterocycles. The molecule has 0 amide bonds. The van der Waals surface area contributed by atoms with Gasteiger partial charge in [0.05, 0.1) is 30.8 Å². The summed E-state index contributed by atoms with van der Waals surface area (Å²) in [4.78, 5) is 72.5. The SMILES string of the molecule is CC(=O)Cc1c(C)n(C(=O)c2ccc(Cl)cc2)c2ccc(O)cc12.COc1ccc2c(c1)c(CC=O)c(C(F)(F)F)n2C(=O)c1ccc(Cl)cc1.COc1ccc2c(c1)c(CC=O)c(C)n2C(=O)c1ccc(Cl)cc1. The highest BCUT2D eigenvalue weighted by atomic mass is 35.5. The molecule has 0 saturated carbocycles. The summed E-state index contributed by atoms with van der Waals surface area (Å²) in [6.07, 6.45) is -3.64. The van der Waals surface area contributed by atoms with E-state index >= 15 is 0 Å². The van der Waals surface area contributed by atoms with Crippen LogP contribution < -0.4 is 9.47 Å². The number of phenols is 1. The topological polar surface area (TPSA) is 156 Å². The third-order valence-electron chi connectivity index (χ3n) is 12.3. The van der Waals surface area contributed by atoms with Crippen LogP contribution in [0.25, 0.3) is 32.7 Å². The fourth-order valence-electron chi connectivity index (χ4n) is 8.82. The average Bonchev–Trinajstić information content (AvgIpc) is 3.96. The Morgan fingerprint density at radius 1 is 0.533 bits per heavy atom. The van der Waals surface area contributed by atoms with Crippen LogP contribution in [0.4, 0.5) is 13.2 Å². The smallest absolute Gasteiger partial charge is 0.432 e. The molecule has 0 atom stereocenters. The van der Waals surface area contributed by atoms with Crippen LogP contribution in [0.1, 0.15) is 71.8 Å². The van der Waals surface area contributed by atoms with E-state index in [1.54, 1.807) is 83.0 Å². The molecule has 0 unspecified atom stereocenters. The molecule has 0 spiro atoms. The van der Waals surface area contributed by atoms with Gasteiger partial charge in [0.25, 0.3) is 17.7 Å².